The smallest absolute Gasteiger partial charge is 0.257 e. The topological polar surface area (TPSA) is 45.1 Å². The first-order valence-corrected chi connectivity index (χ1v) is 9.97. The number of aryl methyl sites for hydroxylation is 1. The SMILES string of the molecule is COc1cccc([C@H]2CC(c3cccc(C)c3)=NN2C(=O)CN2CCCC2)c1. The third-order valence-electron chi connectivity index (χ3n) is 5.55. The number of carbonyl (C=O) groups is 1. The maximum absolute atomic E-state index is 13.1. The van der Waals surface area contributed by atoms with Gasteiger partial charge in [-0.1, -0.05) is 42.0 Å². The largest absolute Gasteiger partial charge is 0.497 e. The van der Waals surface area contributed by atoms with Crippen molar-refractivity contribution in [2.24, 2.45) is 5.10 Å². The molecule has 0 spiro atoms. The van der Waals surface area contributed by atoms with E-state index in [2.05, 4.69) is 36.1 Å². The molecule has 0 radical (unpaired) electrons. The Kier molecular flexibility index (Phi) is 5.44. The standard InChI is InChI=1S/C23H27N3O2/c1-17-7-5-8-18(13-17)21-15-22(19-9-6-10-20(14-19)28-2)26(24-21)23(27)16-25-11-3-4-12-25/h5-10,13-14,22H,3-4,11-12,15-16H2,1-2H3/t22-/m1/s1. The third-order valence-corrected chi connectivity index (χ3v) is 5.55. The molecule has 0 aliphatic carbocycles. The predicted octanol–water partition coefficient (Wildman–Crippen LogP) is 3.78. The summed E-state index contributed by atoms with van der Waals surface area (Å²) < 4.78 is 5.40. The molecule has 1 saturated heterocycles. The minimum absolute atomic E-state index is 0.0670. The fourth-order valence-corrected chi connectivity index (χ4v) is 4.05. The second-order valence-electron chi connectivity index (χ2n) is 7.63. The molecule has 2 aliphatic rings. The van der Waals surface area contributed by atoms with Crippen LogP contribution in [0.4, 0.5) is 0 Å². The van der Waals surface area contributed by atoms with Crippen LogP contribution in [0.15, 0.2) is 53.6 Å². The second-order valence-corrected chi connectivity index (χ2v) is 7.63. The highest BCUT2D eigenvalue weighted by Crippen LogP contribution is 2.34. The molecule has 0 N–H and O–H groups in total. The molecule has 1 amide bonds. The first-order chi connectivity index (χ1) is 13.6. The van der Waals surface area contributed by atoms with E-state index in [9.17, 15) is 4.79 Å². The number of methoxy groups -OCH3 is 1. The fourth-order valence-electron chi connectivity index (χ4n) is 4.05. The van der Waals surface area contributed by atoms with Gasteiger partial charge in [-0.2, -0.15) is 5.10 Å². The van der Waals surface area contributed by atoms with Gasteiger partial charge in [0.25, 0.3) is 5.91 Å². The molecule has 2 aromatic carbocycles. The fraction of sp³-hybridized carbons (Fsp3) is 0.391. The van der Waals surface area contributed by atoms with Crippen LogP contribution in [0.3, 0.4) is 0 Å². The van der Waals surface area contributed by atoms with Gasteiger partial charge >= 0.3 is 0 Å². The van der Waals surface area contributed by atoms with Crippen molar-refractivity contribution in [2.45, 2.75) is 32.2 Å². The number of amides is 1. The van der Waals surface area contributed by atoms with Crippen LogP contribution in [-0.4, -0.2) is 48.3 Å². The summed E-state index contributed by atoms with van der Waals surface area (Å²) in [4.78, 5) is 15.4. The van der Waals surface area contributed by atoms with Crippen molar-refractivity contribution in [2.75, 3.05) is 26.7 Å². The normalized spacial score (nSPS) is 19.7. The van der Waals surface area contributed by atoms with E-state index >= 15 is 0 Å². The summed E-state index contributed by atoms with van der Waals surface area (Å²) in [6.45, 7) is 4.51. The van der Waals surface area contributed by atoms with Crippen LogP contribution in [-0.2, 0) is 4.79 Å². The summed E-state index contributed by atoms with van der Waals surface area (Å²) in [7, 11) is 1.67. The maximum Gasteiger partial charge on any atom is 0.257 e. The average molecular weight is 377 g/mol. The molecular formula is C23H27N3O2. The number of rotatable bonds is 5. The van der Waals surface area contributed by atoms with Crippen LogP contribution in [0, 0.1) is 6.92 Å². The molecular weight excluding hydrogens is 350 g/mol. The highest BCUT2D eigenvalue weighted by Gasteiger charge is 2.34. The number of hydrogen-bond donors (Lipinski definition) is 0. The molecule has 2 aliphatic heterocycles. The lowest BCUT2D eigenvalue weighted by Crippen LogP contribution is -2.36. The van der Waals surface area contributed by atoms with Gasteiger partial charge in [-0.15, -0.1) is 0 Å². The van der Waals surface area contributed by atoms with Gasteiger partial charge in [-0.05, 0) is 56.1 Å². The first-order valence-electron chi connectivity index (χ1n) is 9.97. The number of hydrogen-bond acceptors (Lipinski definition) is 4. The lowest BCUT2D eigenvalue weighted by atomic mass is 9.97. The molecule has 0 bridgehead atoms. The van der Waals surface area contributed by atoms with Crippen LogP contribution < -0.4 is 4.74 Å². The molecule has 146 valence electrons. The highest BCUT2D eigenvalue weighted by atomic mass is 16.5. The lowest BCUT2D eigenvalue weighted by molar-refractivity contribution is -0.134. The number of hydrazone groups is 1. The Morgan fingerprint density at radius 3 is 2.68 bits per heavy atom. The number of carbonyl (C=O) groups excluding carboxylic acids is 1. The van der Waals surface area contributed by atoms with Crippen molar-refractivity contribution < 1.29 is 9.53 Å². The third kappa shape index (κ3) is 3.94. The van der Waals surface area contributed by atoms with Crippen LogP contribution in [0.5, 0.6) is 5.75 Å². The van der Waals surface area contributed by atoms with Gasteiger partial charge in [0.2, 0.25) is 0 Å². The summed E-state index contributed by atoms with van der Waals surface area (Å²) in [5.74, 6) is 0.867. The van der Waals surface area contributed by atoms with Crippen LogP contribution in [0.1, 0.15) is 42.0 Å². The van der Waals surface area contributed by atoms with Gasteiger partial charge in [0.1, 0.15) is 5.75 Å². The van der Waals surface area contributed by atoms with E-state index in [0.29, 0.717) is 13.0 Å². The number of ether oxygens (including phenoxy) is 1. The predicted molar refractivity (Wildman–Crippen MR) is 111 cm³/mol. The van der Waals surface area contributed by atoms with Gasteiger partial charge in [-0.3, -0.25) is 9.69 Å². The van der Waals surface area contributed by atoms with E-state index in [1.165, 1.54) is 18.4 Å². The molecule has 0 aromatic heterocycles. The van der Waals surface area contributed by atoms with E-state index in [1.54, 1.807) is 12.1 Å². The Labute approximate surface area is 166 Å². The molecule has 2 aromatic rings. The molecule has 4 rings (SSSR count). The number of nitrogens with zero attached hydrogens (tertiary/aromatic N) is 3. The van der Waals surface area contributed by atoms with Crippen molar-refractivity contribution in [3.05, 3.63) is 65.2 Å². The monoisotopic (exact) mass is 377 g/mol. The van der Waals surface area contributed by atoms with Gasteiger partial charge < -0.3 is 4.74 Å². The summed E-state index contributed by atoms with van der Waals surface area (Å²) in [6.07, 6.45) is 3.05. The Balaban J connectivity index is 1.64. The van der Waals surface area contributed by atoms with Crippen molar-refractivity contribution >= 4 is 11.6 Å². The van der Waals surface area contributed by atoms with Crippen LogP contribution in [0.25, 0.3) is 0 Å². The summed E-state index contributed by atoms with van der Waals surface area (Å²) >= 11 is 0. The number of likely N-dealkylation sites (tertiary alicyclic amines) is 1. The molecule has 5 heteroatoms. The zero-order chi connectivity index (χ0) is 19.5. The Bertz CT molecular complexity index is 887. The van der Waals surface area contributed by atoms with Crippen molar-refractivity contribution in [1.82, 2.24) is 9.91 Å². The summed E-state index contributed by atoms with van der Waals surface area (Å²) in [5.41, 5.74) is 4.30. The quantitative estimate of drug-likeness (QED) is 0.797. The molecule has 0 saturated carbocycles. The van der Waals surface area contributed by atoms with E-state index in [1.807, 2.05) is 24.3 Å². The van der Waals surface area contributed by atoms with E-state index in [4.69, 9.17) is 9.84 Å². The zero-order valence-electron chi connectivity index (χ0n) is 16.6. The van der Waals surface area contributed by atoms with E-state index in [-0.39, 0.29) is 11.9 Å². The van der Waals surface area contributed by atoms with Gasteiger partial charge in [0.05, 0.1) is 25.4 Å². The van der Waals surface area contributed by atoms with Gasteiger partial charge in [0.15, 0.2) is 0 Å². The zero-order valence-corrected chi connectivity index (χ0v) is 16.6. The Morgan fingerprint density at radius 2 is 1.93 bits per heavy atom. The Hall–Kier alpha value is -2.66. The molecule has 1 atom stereocenters. The minimum atomic E-state index is -0.0966. The molecule has 2 heterocycles. The van der Waals surface area contributed by atoms with Crippen molar-refractivity contribution in [3.63, 3.8) is 0 Å². The Morgan fingerprint density at radius 1 is 1.14 bits per heavy atom. The van der Waals surface area contributed by atoms with Crippen molar-refractivity contribution in [3.8, 4) is 5.75 Å². The molecule has 5 nitrogen and oxygen atoms in total. The maximum atomic E-state index is 13.1. The first kappa shape index (κ1) is 18.7. The van der Waals surface area contributed by atoms with Gasteiger partial charge in [-0.25, -0.2) is 5.01 Å². The summed E-state index contributed by atoms with van der Waals surface area (Å²) in [6, 6.07) is 16.2. The van der Waals surface area contributed by atoms with Gasteiger partial charge in [0, 0.05) is 6.42 Å². The summed E-state index contributed by atoms with van der Waals surface area (Å²) in [5, 5.41) is 6.49. The molecule has 0 unspecified atom stereocenters. The van der Waals surface area contributed by atoms with Crippen LogP contribution >= 0.6 is 0 Å². The molecule has 28 heavy (non-hydrogen) atoms. The second kappa shape index (κ2) is 8.15. The van der Waals surface area contributed by atoms with Crippen molar-refractivity contribution in [1.29, 1.82) is 0 Å². The van der Waals surface area contributed by atoms with Crippen LogP contribution in [0.2, 0.25) is 0 Å². The average Bonchev–Trinajstić information content (AvgIpc) is 3.38. The van der Waals surface area contributed by atoms with E-state index in [0.717, 1.165) is 35.7 Å². The number of benzene rings is 2. The molecule has 1 fully saturated rings. The highest BCUT2D eigenvalue weighted by molar-refractivity contribution is 6.03. The minimum Gasteiger partial charge on any atom is -0.497 e. The lowest BCUT2D eigenvalue weighted by Gasteiger charge is -2.24. The van der Waals surface area contributed by atoms with E-state index < -0.39 is 0 Å².